The van der Waals surface area contributed by atoms with Crippen LogP contribution in [0.1, 0.15) is 23.1 Å². The fraction of sp³-hybridized carbons (Fsp3) is 0.143. The average molecular weight is 542 g/mol. The van der Waals surface area contributed by atoms with Gasteiger partial charge in [-0.1, -0.05) is 48.0 Å². The van der Waals surface area contributed by atoms with Gasteiger partial charge in [0.2, 0.25) is 17.7 Å². The average Bonchev–Trinajstić information content (AvgIpc) is 3.47. The fourth-order valence-corrected chi connectivity index (χ4v) is 4.44. The van der Waals surface area contributed by atoms with E-state index in [0.29, 0.717) is 40.5 Å². The highest BCUT2D eigenvalue weighted by molar-refractivity contribution is 6.30. The van der Waals surface area contributed by atoms with Gasteiger partial charge in [0.15, 0.2) is 0 Å². The summed E-state index contributed by atoms with van der Waals surface area (Å²) in [4.78, 5) is 38.1. The number of fused-ring (bicyclic) bond motifs is 1. The Labute approximate surface area is 229 Å². The number of benzene rings is 3. The van der Waals surface area contributed by atoms with E-state index in [4.69, 9.17) is 11.6 Å². The predicted molar refractivity (Wildman–Crippen MR) is 147 cm³/mol. The van der Waals surface area contributed by atoms with Crippen LogP contribution in [0.3, 0.4) is 0 Å². The van der Waals surface area contributed by atoms with Crippen LogP contribution < -0.4 is 16.0 Å². The number of anilines is 2. The molecule has 1 aromatic heterocycles. The first-order chi connectivity index (χ1) is 18.9. The molecule has 1 aliphatic rings. The number of carbonyl (C=O) groups is 3. The lowest BCUT2D eigenvalue weighted by Gasteiger charge is -2.20. The number of hydrogen-bond donors (Lipinski definition) is 3. The minimum atomic E-state index is -0.867. The molecule has 0 radical (unpaired) electrons. The number of nitrogens with zero attached hydrogens (tertiary/aromatic N) is 4. The molecule has 11 heteroatoms. The molecule has 0 saturated heterocycles. The lowest BCUT2D eigenvalue weighted by molar-refractivity contribution is -0.123. The van der Waals surface area contributed by atoms with Crippen LogP contribution in [0.4, 0.5) is 11.4 Å². The molecule has 196 valence electrons. The van der Waals surface area contributed by atoms with Gasteiger partial charge < -0.3 is 16.0 Å². The maximum Gasteiger partial charge on any atom is 0.247 e. The number of aromatic nitrogens is 4. The molecule has 0 aliphatic carbocycles. The summed E-state index contributed by atoms with van der Waals surface area (Å²) in [6, 6.07) is 19.1. The van der Waals surface area contributed by atoms with Crippen molar-refractivity contribution in [2.75, 3.05) is 10.6 Å². The van der Waals surface area contributed by atoms with Crippen molar-refractivity contribution in [3.8, 4) is 5.69 Å². The van der Waals surface area contributed by atoms with Crippen LogP contribution in [0, 0.1) is 0 Å². The summed E-state index contributed by atoms with van der Waals surface area (Å²) in [7, 11) is 0. The molecule has 3 amide bonds. The molecule has 5 rings (SSSR count). The number of amides is 3. The number of halogens is 1. The third-order valence-electron chi connectivity index (χ3n) is 6.19. The Hall–Kier alpha value is -4.83. The highest BCUT2D eigenvalue weighted by Crippen LogP contribution is 2.26. The Morgan fingerprint density at radius 1 is 1.08 bits per heavy atom. The van der Waals surface area contributed by atoms with Crippen LogP contribution in [0.5, 0.6) is 0 Å². The van der Waals surface area contributed by atoms with Gasteiger partial charge in [-0.25, -0.2) is 0 Å². The van der Waals surface area contributed by atoms with Crippen molar-refractivity contribution in [1.82, 2.24) is 25.5 Å². The molecule has 3 N–H and O–H groups in total. The third-order valence-corrected chi connectivity index (χ3v) is 6.42. The number of tetrazole rings is 1. The zero-order chi connectivity index (χ0) is 27.2. The van der Waals surface area contributed by atoms with Crippen molar-refractivity contribution in [3.05, 3.63) is 101 Å². The third kappa shape index (κ3) is 6.55. The highest BCUT2D eigenvalue weighted by atomic mass is 35.5. The molecule has 10 nitrogen and oxygen atoms in total. The van der Waals surface area contributed by atoms with Gasteiger partial charge in [0.1, 0.15) is 12.4 Å². The van der Waals surface area contributed by atoms with Crippen LogP contribution in [0.25, 0.3) is 11.8 Å². The topological polar surface area (TPSA) is 131 Å². The SMILES string of the molecule is O=C(/C=C/c1cc(Cl)ccc1-n1cnnn1)N[C@@H](Cc1ccccc1)C(=O)Nc1ccc2c(c1)NC(=O)CC2. The van der Waals surface area contributed by atoms with Crippen molar-refractivity contribution in [3.63, 3.8) is 0 Å². The van der Waals surface area contributed by atoms with E-state index < -0.39 is 11.9 Å². The Morgan fingerprint density at radius 3 is 2.72 bits per heavy atom. The number of carbonyl (C=O) groups excluding carboxylic acids is 3. The smallest absolute Gasteiger partial charge is 0.247 e. The molecule has 0 unspecified atom stereocenters. The van der Waals surface area contributed by atoms with Crippen molar-refractivity contribution in [1.29, 1.82) is 0 Å². The quantitative estimate of drug-likeness (QED) is 0.292. The number of rotatable bonds is 8. The standard InChI is InChI=1S/C28H24ClN7O3/c29-21-9-11-25(36-17-30-34-35-36)20(15-21)8-13-27(38)33-24(14-18-4-2-1-3-5-18)28(39)31-22-10-6-19-7-12-26(37)32-23(19)16-22/h1-6,8-11,13,15-17,24H,7,12,14H2,(H,31,39)(H,32,37)(H,33,38)/b13-8+/t24-/m0/s1. The molecule has 3 aromatic carbocycles. The normalized spacial score (nSPS) is 13.4. The van der Waals surface area contributed by atoms with E-state index in [1.807, 2.05) is 36.4 Å². The zero-order valence-electron chi connectivity index (χ0n) is 20.7. The van der Waals surface area contributed by atoms with Gasteiger partial charge in [-0.05, 0) is 64.4 Å². The first kappa shape index (κ1) is 25.8. The molecule has 39 heavy (non-hydrogen) atoms. The fourth-order valence-electron chi connectivity index (χ4n) is 4.26. The minimum absolute atomic E-state index is 0.0603. The Kier molecular flexibility index (Phi) is 7.74. The van der Waals surface area contributed by atoms with Gasteiger partial charge in [-0.15, -0.1) is 5.10 Å². The Morgan fingerprint density at radius 2 is 1.92 bits per heavy atom. The first-order valence-electron chi connectivity index (χ1n) is 12.2. The summed E-state index contributed by atoms with van der Waals surface area (Å²) >= 11 is 6.17. The molecule has 4 aromatic rings. The molecule has 0 saturated carbocycles. The van der Waals surface area contributed by atoms with Gasteiger partial charge in [0.25, 0.3) is 0 Å². The lowest BCUT2D eigenvalue weighted by atomic mass is 10.0. The summed E-state index contributed by atoms with van der Waals surface area (Å²) < 4.78 is 1.46. The van der Waals surface area contributed by atoms with Crippen LogP contribution in [-0.4, -0.2) is 44.0 Å². The summed E-state index contributed by atoms with van der Waals surface area (Å²) in [6.07, 6.45) is 5.72. The van der Waals surface area contributed by atoms with Crippen molar-refractivity contribution in [2.45, 2.75) is 25.3 Å². The van der Waals surface area contributed by atoms with Gasteiger partial charge in [-0.2, -0.15) is 4.68 Å². The van der Waals surface area contributed by atoms with Gasteiger partial charge in [0, 0.05) is 40.9 Å². The molecular weight excluding hydrogens is 518 g/mol. The summed E-state index contributed by atoms with van der Waals surface area (Å²) in [5.74, 6) is -0.916. The zero-order valence-corrected chi connectivity index (χ0v) is 21.4. The van der Waals surface area contributed by atoms with Crippen LogP contribution in [0.2, 0.25) is 5.02 Å². The second-order valence-corrected chi connectivity index (χ2v) is 9.39. The summed E-state index contributed by atoms with van der Waals surface area (Å²) in [6.45, 7) is 0. The van der Waals surface area contributed by atoms with E-state index in [2.05, 4.69) is 31.5 Å². The van der Waals surface area contributed by atoms with Crippen molar-refractivity contribution >= 4 is 46.8 Å². The molecule has 1 aliphatic heterocycles. The second kappa shape index (κ2) is 11.7. The van der Waals surface area contributed by atoms with E-state index in [9.17, 15) is 14.4 Å². The van der Waals surface area contributed by atoms with E-state index >= 15 is 0 Å². The van der Waals surface area contributed by atoms with Crippen LogP contribution >= 0.6 is 11.6 Å². The molecule has 0 fully saturated rings. The van der Waals surface area contributed by atoms with Crippen molar-refractivity contribution in [2.24, 2.45) is 0 Å². The monoisotopic (exact) mass is 541 g/mol. The minimum Gasteiger partial charge on any atom is -0.340 e. The highest BCUT2D eigenvalue weighted by Gasteiger charge is 2.22. The molecule has 0 spiro atoms. The second-order valence-electron chi connectivity index (χ2n) is 8.95. The summed E-state index contributed by atoms with van der Waals surface area (Å²) in [5, 5.41) is 20.2. The van der Waals surface area contributed by atoms with E-state index in [1.165, 1.54) is 17.1 Å². The molecule has 0 bridgehead atoms. The molecule has 2 heterocycles. The van der Waals surface area contributed by atoms with Gasteiger partial charge in [-0.3, -0.25) is 14.4 Å². The molecule has 1 atom stereocenters. The largest absolute Gasteiger partial charge is 0.340 e. The lowest BCUT2D eigenvalue weighted by Crippen LogP contribution is -2.44. The van der Waals surface area contributed by atoms with Gasteiger partial charge in [0.05, 0.1) is 5.69 Å². The number of hydrogen-bond acceptors (Lipinski definition) is 6. The predicted octanol–water partition coefficient (Wildman–Crippen LogP) is 3.58. The molecular formula is C28H24ClN7O3. The van der Waals surface area contributed by atoms with Gasteiger partial charge >= 0.3 is 0 Å². The van der Waals surface area contributed by atoms with Crippen LogP contribution in [0.15, 0.2) is 79.1 Å². The number of aryl methyl sites for hydroxylation is 1. The van der Waals surface area contributed by atoms with E-state index in [0.717, 1.165) is 11.1 Å². The maximum atomic E-state index is 13.3. The Balaban J connectivity index is 1.34. The Bertz CT molecular complexity index is 1540. The van der Waals surface area contributed by atoms with E-state index in [-0.39, 0.29) is 18.2 Å². The van der Waals surface area contributed by atoms with E-state index in [1.54, 1.807) is 36.4 Å². The summed E-state index contributed by atoms with van der Waals surface area (Å²) in [5.41, 5.74) is 4.34. The van der Waals surface area contributed by atoms with Crippen molar-refractivity contribution < 1.29 is 14.4 Å². The van der Waals surface area contributed by atoms with Crippen LogP contribution in [-0.2, 0) is 27.2 Å². The first-order valence-corrected chi connectivity index (χ1v) is 12.6. The number of nitrogens with one attached hydrogen (secondary N) is 3. The maximum absolute atomic E-state index is 13.3.